The highest BCUT2D eigenvalue weighted by Crippen LogP contribution is 2.46. The third kappa shape index (κ3) is 10.8. The van der Waals surface area contributed by atoms with Gasteiger partial charge in [0.15, 0.2) is 23.2 Å². The number of carbonyl (C=O) groups excluding carboxylic acids is 6. The first kappa shape index (κ1) is 56.2. The first-order valence-corrected chi connectivity index (χ1v) is 24.5. The molecule has 10 N–H and O–H groups in total. The summed E-state index contributed by atoms with van der Waals surface area (Å²) >= 11 is 0. The number of nitrogens with zero attached hydrogens (tertiary/aromatic N) is 4. The zero-order valence-corrected chi connectivity index (χ0v) is 42.3. The molecule has 4 aromatic rings. The second-order valence-electron chi connectivity index (χ2n) is 19.5. The molecule has 3 aliphatic heterocycles. The molecule has 27 nitrogen and oxygen atoms in total. The van der Waals surface area contributed by atoms with Gasteiger partial charge < -0.3 is 70.7 Å². The molecule has 4 aliphatic rings. The van der Waals surface area contributed by atoms with Crippen LogP contribution in [0, 0.1) is 22.9 Å². The van der Waals surface area contributed by atoms with E-state index in [-0.39, 0.29) is 78.9 Å². The number of carbonyl (C=O) groups is 7. The fourth-order valence-electron chi connectivity index (χ4n) is 10.3. The van der Waals surface area contributed by atoms with E-state index in [0.717, 1.165) is 25.1 Å². The number of aliphatic carboxylic acids is 1. The molecule has 0 radical (unpaired) electrons. The number of ether oxygens (including phenoxy) is 4. The lowest BCUT2D eigenvalue weighted by atomic mass is 9.81. The van der Waals surface area contributed by atoms with Gasteiger partial charge in [0.2, 0.25) is 24.0 Å². The van der Waals surface area contributed by atoms with Crippen molar-refractivity contribution >= 4 is 58.1 Å². The Kier molecular flexibility index (Phi) is 16.0. The number of primary amides is 1. The monoisotopic (exact) mass is 1090 g/mol. The van der Waals surface area contributed by atoms with Crippen LogP contribution in [0.5, 0.6) is 5.75 Å². The van der Waals surface area contributed by atoms with Crippen molar-refractivity contribution in [1.82, 2.24) is 30.4 Å². The van der Waals surface area contributed by atoms with Gasteiger partial charge in [-0.2, -0.15) is 0 Å². The number of pyridine rings is 2. The average molecular weight is 1090 g/mol. The van der Waals surface area contributed by atoms with Crippen LogP contribution >= 0.6 is 0 Å². The van der Waals surface area contributed by atoms with E-state index >= 15 is 4.39 Å². The van der Waals surface area contributed by atoms with Gasteiger partial charge in [-0.3, -0.25) is 39.0 Å². The fourth-order valence-corrected chi connectivity index (χ4v) is 10.3. The number of alkyl carbamates (subject to hydrolysis) is 1. The number of nitro benzene ring substituents is 1. The summed E-state index contributed by atoms with van der Waals surface area (Å²) in [5.41, 5.74) is 3.89. The van der Waals surface area contributed by atoms with Crippen LogP contribution in [0.1, 0.15) is 90.6 Å². The second-order valence-corrected chi connectivity index (χ2v) is 19.5. The summed E-state index contributed by atoms with van der Waals surface area (Å²) in [6.07, 6.45) is -13.8. The number of benzene rings is 2. The summed E-state index contributed by atoms with van der Waals surface area (Å²) in [7, 11) is 1.44. The summed E-state index contributed by atoms with van der Waals surface area (Å²) in [4.78, 5) is 121. The van der Waals surface area contributed by atoms with Gasteiger partial charge in [-0.15, -0.1) is 0 Å². The number of carboxylic acid groups (broad SMARTS) is 1. The predicted molar refractivity (Wildman–Crippen MR) is 262 cm³/mol. The van der Waals surface area contributed by atoms with Gasteiger partial charge in [0, 0.05) is 47.6 Å². The molecule has 28 heteroatoms. The van der Waals surface area contributed by atoms with Crippen LogP contribution in [0.4, 0.5) is 14.9 Å². The van der Waals surface area contributed by atoms with E-state index in [1.807, 2.05) is 0 Å². The number of Topliss-reactive ketones (excluding diaryl/α,β-unsaturated/α-hetero) is 1. The molecule has 1 fully saturated rings. The number of nitro groups is 1. The van der Waals surface area contributed by atoms with E-state index in [4.69, 9.17) is 29.7 Å². The quantitative estimate of drug-likeness (QED) is 0.0287. The molecule has 8 rings (SSSR count). The van der Waals surface area contributed by atoms with Gasteiger partial charge in [0.05, 0.1) is 65.7 Å². The number of halogens is 1. The van der Waals surface area contributed by atoms with Gasteiger partial charge in [-0.25, -0.2) is 23.8 Å². The highest BCUT2D eigenvalue weighted by molar-refractivity contribution is 5.94. The molecule has 2 unspecified atom stereocenters. The van der Waals surface area contributed by atoms with Crippen LogP contribution in [-0.4, -0.2) is 150 Å². The molecule has 9 atom stereocenters. The van der Waals surface area contributed by atoms with Crippen LogP contribution in [-0.2, 0) is 68.2 Å². The largest absolute Gasteiger partial charge is 0.479 e. The van der Waals surface area contributed by atoms with Crippen molar-refractivity contribution in [1.29, 1.82) is 0 Å². The van der Waals surface area contributed by atoms with Crippen LogP contribution in [0.2, 0.25) is 0 Å². The number of amides is 4. The number of likely N-dealkylation sites (N-methyl/N-ethyl adjacent to an activating group) is 1. The number of aryl methyl sites for hydroxylation is 1. The lowest BCUT2D eigenvalue weighted by molar-refractivity contribution is -0.387. The standard InChI is InChI=1S/C50H55FN8O19/c1-5-50(72)26-13-32-40-24(16-58(32)45(67)25(26)19-75-48(50)70)39-29(8-7-23-20(2)27(51)14-30(55-40)38(23)39)56-49(71)77-35(15-53-37(63)11-9-28(54-21(3)60)33(61)17-57(4)18-36(52)62)22-6-10-34(31(12-22)59(73)74)76-47-43(66)41(64)42(65)44(78-47)46(68)69/h6,10,12-14,28-29,35,41-44,47,64-66,72H,5,7-9,11,15-19H2,1-4H3,(H2,52,62)(H,53,63)(H,54,60)(H,56,71)(H,68,69)/t28-,29-,35+,41-,42-,43?,44?,47+,50-/m0/s1. The molecule has 0 bridgehead atoms. The number of carboxylic acids is 1. The van der Waals surface area contributed by atoms with Gasteiger partial charge in [0.1, 0.15) is 36.8 Å². The van der Waals surface area contributed by atoms with Crippen molar-refractivity contribution in [2.75, 3.05) is 26.7 Å². The van der Waals surface area contributed by atoms with E-state index < -0.39 is 143 Å². The third-order valence-electron chi connectivity index (χ3n) is 14.3. The molecule has 0 spiro atoms. The molecular weight excluding hydrogens is 1040 g/mol. The summed E-state index contributed by atoms with van der Waals surface area (Å²) in [5, 5.41) is 73.0. The normalized spacial score (nSPS) is 22.7. The maximum Gasteiger partial charge on any atom is 0.408 e. The zero-order chi connectivity index (χ0) is 56.8. The molecule has 2 aromatic heterocycles. The first-order valence-electron chi connectivity index (χ1n) is 24.5. The number of rotatable bonds is 19. The number of fused-ring (bicyclic) bond motifs is 5. The minimum absolute atomic E-state index is 0.0317. The highest BCUT2D eigenvalue weighted by Gasteiger charge is 2.49. The number of esters is 1. The minimum atomic E-state index is -2.16. The van der Waals surface area contributed by atoms with Crippen LogP contribution < -0.4 is 32.0 Å². The van der Waals surface area contributed by atoms with Crippen LogP contribution in [0.25, 0.3) is 22.3 Å². The smallest absolute Gasteiger partial charge is 0.408 e. The van der Waals surface area contributed by atoms with Crippen molar-refractivity contribution in [3.8, 4) is 17.1 Å². The molecule has 4 amide bonds. The van der Waals surface area contributed by atoms with Gasteiger partial charge in [-0.05, 0) is 68.5 Å². The van der Waals surface area contributed by atoms with Crippen molar-refractivity contribution in [3.05, 3.63) is 95.6 Å². The number of nitrogens with two attached hydrogens (primary N) is 1. The lowest BCUT2D eigenvalue weighted by Gasteiger charge is -2.38. The minimum Gasteiger partial charge on any atom is -0.479 e. The number of hydrogen-bond donors (Lipinski definition) is 9. The van der Waals surface area contributed by atoms with Gasteiger partial charge in [0.25, 0.3) is 5.56 Å². The fraction of sp³-hybridized carbons (Fsp3) is 0.460. The third-order valence-corrected chi connectivity index (χ3v) is 14.3. The van der Waals surface area contributed by atoms with E-state index in [1.54, 1.807) is 13.8 Å². The van der Waals surface area contributed by atoms with Crippen molar-refractivity contribution in [2.24, 2.45) is 5.73 Å². The molecule has 1 aliphatic carbocycles. The van der Waals surface area contributed by atoms with Crippen LogP contribution in [0.15, 0.2) is 35.1 Å². The maximum atomic E-state index is 15.6. The molecule has 1 saturated heterocycles. The molecule has 78 heavy (non-hydrogen) atoms. The van der Waals surface area contributed by atoms with Crippen molar-refractivity contribution in [3.63, 3.8) is 0 Å². The van der Waals surface area contributed by atoms with Crippen molar-refractivity contribution in [2.45, 2.75) is 121 Å². The van der Waals surface area contributed by atoms with E-state index in [9.17, 15) is 74.0 Å². The first-order chi connectivity index (χ1) is 36.8. The molecular formula is C50H55FN8O19. The summed E-state index contributed by atoms with van der Waals surface area (Å²) in [5.74, 6) is -6.55. The van der Waals surface area contributed by atoms with Gasteiger partial charge >= 0.3 is 23.7 Å². The number of aromatic nitrogens is 2. The van der Waals surface area contributed by atoms with E-state index in [1.165, 1.54) is 28.6 Å². The number of nitrogens with one attached hydrogen (secondary N) is 3. The number of hydrogen-bond acceptors (Lipinski definition) is 20. The Bertz CT molecular complexity index is 3240. The summed E-state index contributed by atoms with van der Waals surface area (Å²) in [6.45, 7) is 2.56. The predicted octanol–water partition coefficient (Wildman–Crippen LogP) is -0.452. The lowest BCUT2D eigenvalue weighted by Crippen LogP contribution is -2.61. The molecule has 0 saturated carbocycles. The van der Waals surface area contributed by atoms with Crippen molar-refractivity contribution < 1.29 is 87.4 Å². The Hall–Kier alpha value is -8.02. The number of cyclic esters (lactones) is 1. The maximum absolute atomic E-state index is 15.6. The molecule has 2 aromatic carbocycles. The Morgan fingerprint density at radius 2 is 1.79 bits per heavy atom. The van der Waals surface area contributed by atoms with Gasteiger partial charge in [-0.1, -0.05) is 13.0 Å². The highest BCUT2D eigenvalue weighted by atomic mass is 19.1. The van der Waals surface area contributed by atoms with Crippen LogP contribution in [0.3, 0.4) is 0 Å². The molecule has 416 valence electrons. The number of ketones is 1. The Morgan fingerprint density at radius 3 is 2.46 bits per heavy atom. The second kappa shape index (κ2) is 22.1. The Morgan fingerprint density at radius 1 is 1.06 bits per heavy atom. The van der Waals surface area contributed by atoms with E-state index in [0.29, 0.717) is 27.6 Å². The Labute approximate surface area is 440 Å². The van der Waals surface area contributed by atoms with E-state index in [2.05, 4.69) is 16.0 Å². The SMILES string of the molecule is CC[C@@]1(O)C(=O)OCc2c1cc1n(c2=O)Cc2c-1nc1cc(F)c(C)c3c1c2[C@@H](NC(=O)O[C@H](CNC(=O)CC[C@H](NC(C)=O)C(=O)CN(C)CC(N)=O)c1ccc(O[C@@H]2OC(C(=O)O)[C@@H](O)[C@H](O)C2O)c([N+](=O)[O-])c1)CC3. The average Bonchev–Trinajstić information content (AvgIpc) is 3.93. The number of aliphatic hydroxyl groups is 4. The summed E-state index contributed by atoms with van der Waals surface area (Å²) < 4.78 is 38.8. The topological polar surface area (TPSA) is 401 Å². The number of aliphatic hydroxyl groups excluding tert-OH is 3. The summed E-state index contributed by atoms with van der Waals surface area (Å²) in [6, 6.07) is 3.55. The Balaban J connectivity index is 1.11. The zero-order valence-electron chi connectivity index (χ0n) is 42.3. The molecule has 5 heterocycles.